The molecule has 2 amide bonds. The third kappa shape index (κ3) is 4.76. The zero-order valence-corrected chi connectivity index (χ0v) is 17.2. The van der Waals surface area contributed by atoms with Crippen LogP contribution in [0.15, 0.2) is 42.5 Å². The number of rotatable bonds is 9. The van der Waals surface area contributed by atoms with E-state index in [4.69, 9.17) is 15.6 Å². The second-order valence-corrected chi connectivity index (χ2v) is 7.37. The number of hydrogen-bond donors (Lipinski definition) is 2. The van der Waals surface area contributed by atoms with E-state index in [2.05, 4.69) is 15.9 Å². The van der Waals surface area contributed by atoms with Crippen molar-refractivity contribution in [2.45, 2.75) is 37.4 Å². The van der Waals surface area contributed by atoms with Gasteiger partial charge < -0.3 is 20.5 Å². The van der Waals surface area contributed by atoms with Crippen LogP contribution in [0.5, 0.6) is 5.75 Å². The number of carbonyl (C=O) groups excluding carboxylic acids is 2. The lowest BCUT2D eigenvalue weighted by atomic mass is 10.1. The van der Waals surface area contributed by atoms with Crippen molar-refractivity contribution in [3.8, 4) is 5.75 Å². The fourth-order valence-corrected chi connectivity index (χ4v) is 3.68. The second-order valence-electron chi connectivity index (χ2n) is 6.80. The molecule has 29 heavy (non-hydrogen) atoms. The van der Waals surface area contributed by atoms with Gasteiger partial charge in [-0.2, -0.15) is 0 Å². The average Bonchev–Trinajstić information content (AvgIpc) is 3.03. The average molecular weight is 461 g/mol. The van der Waals surface area contributed by atoms with Crippen LogP contribution in [-0.2, 0) is 28.1 Å². The summed E-state index contributed by atoms with van der Waals surface area (Å²) in [6.07, 6.45) is -0.276. The number of carbonyl (C=O) groups is 3. The van der Waals surface area contributed by atoms with Crippen molar-refractivity contribution < 1.29 is 24.2 Å². The third-order valence-corrected chi connectivity index (χ3v) is 5.51. The molecule has 0 fully saturated rings. The van der Waals surface area contributed by atoms with Crippen LogP contribution in [0.1, 0.15) is 39.9 Å². The molecule has 0 saturated heterocycles. The summed E-state index contributed by atoms with van der Waals surface area (Å²) in [5.41, 5.74) is 8.71. The van der Waals surface area contributed by atoms with E-state index in [1.165, 1.54) is 4.90 Å². The molecule has 0 radical (unpaired) electrons. The van der Waals surface area contributed by atoms with Gasteiger partial charge in [-0.15, -0.1) is 0 Å². The molecule has 1 heterocycles. The number of carboxylic acid groups (broad SMARTS) is 1. The minimum atomic E-state index is -1.05. The third-order valence-electron chi connectivity index (χ3n) is 4.86. The van der Waals surface area contributed by atoms with Gasteiger partial charge in [-0.25, -0.2) is 0 Å². The van der Waals surface area contributed by atoms with Crippen molar-refractivity contribution in [1.82, 2.24) is 4.90 Å². The van der Waals surface area contributed by atoms with Crippen molar-refractivity contribution in [3.63, 3.8) is 0 Å². The number of hydrogen-bond acceptors (Lipinski definition) is 4. The largest absolute Gasteiger partial charge is 0.489 e. The van der Waals surface area contributed by atoms with Gasteiger partial charge in [0.2, 0.25) is 5.91 Å². The maximum Gasteiger partial charge on any atom is 0.303 e. The Kier molecular flexibility index (Phi) is 6.53. The zero-order valence-electron chi connectivity index (χ0n) is 15.6. The minimum absolute atomic E-state index is 0.0273. The molecular weight excluding hydrogens is 440 g/mol. The Bertz CT molecular complexity index is 929. The van der Waals surface area contributed by atoms with E-state index >= 15 is 0 Å². The van der Waals surface area contributed by atoms with Crippen LogP contribution in [0.25, 0.3) is 0 Å². The normalized spacial score (nSPS) is 13.8. The van der Waals surface area contributed by atoms with Crippen molar-refractivity contribution in [2.75, 3.05) is 0 Å². The molecule has 1 aliphatic rings. The first-order valence-corrected chi connectivity index (χ1v) is 10.2. The molecule has 0 spiro atoms. The van der Waals surface area contributed by atoms with E-state index < -0.39 is 17.9 Å². The highest BCUT2D eigenvalue weighted by Gasteiger charge is 2.37. The van der Waals surface area contributed by atoms with Crippen LogP contribution < -0.4 is 10.5 Å². The molecule has 152 valence electrons. The number of aliphatic carboxylic acids is 1. The van der Waals surface area contributed by atoms with Gasteiger partial charge in [0.25, 0.3) is 5.91 Å². The number of nitrogens with two attached hydrogens (primary N) is 1. The molecule has 2 aromatic rings. The smallest absolute Gasteiger partial charge is 0.303 e. The maximum absolute atomic E-state index is 12.8. The Labute approximate surface area is 176 Å². The summed E-state index contributed by atoms with van der Waals surface area (Å²) in [6, 6.07) is 12.2. The summed E-state index contributed by atoms with van der Waals surface area (Å²) in [5, 5.41) is 9.68. The van der Waals surface area contributed by atoms with E-state index in [0.717, 1.165) is 16.5 Å². The Morgan fingerprint density at radius 3 is 2.48 bits per heavy atom. The van der Waals surface area contributed by atoms with Crippen molar-refractivity contribution in [1.29, 1.82) is 0 Å². The summed E-state index contributed by atoms with van der Waals surface area (Å²) in [4.78, 5) is 36.8. The molecule has 7 nitrogen and oxygen atoms in total. The van der Waals surface area contributed by atoms with Gasteiger partial charge in [-0.05, 0) is 29.7 Å². The van der Waals surface area contributed by atoms with Gasteiger partial charge in [-0.1, -0.05) is 46.3 Å². The molecule has 8 heteroatoms. The van der Waals surface area contributed by atoms with Gasteiger partial charge in [-0.3, -0.25) is 14.4 Å². The fraction of sp³-hybridized carbons (Fsp3) is 0.286. The van der Waals surface area contributed by atoms with Crippen LogP contribution in [0, 0.1) is 0 Å². The minimum Gasteiger partial charge on any atom is -0.489 e. The number of alkyl halides is 1. The predicted octanol–water partition coefficient (Wildman–Crippen LogP) is 2.84. The molecular formula is C21H21BrN2O5. The molecule has 0 unspecified atom stereocenters. The van der Waals surface area contributed by atoms with E-state index in [1.54, 1.807) is 18.2 Å². The topological polar surface area (TPSA) is 110 Å². The van der Waals surface area contributed by atoms with Gasteiger partial charge >= 0.3 is 5.97 Å². The lowest BCUT2D eigenvalue weighted by Crippen LogP contribution is -2.45. The number of primary amides is 1. The first kappa shape index (κ1) is 20.9. The highest BCUT2D eigenvalue weighted by atomic mass is 79.9. The zero-order chi connectivity index (χ0) is 21.0. The SMILES string of the molecule is NC(=O)[C@H](CCC(=O)O)N1Cc2c(OCc3ccc(CBr)cc3)cccc2C1=O. The van der Waals surface area contributed by atoms with Crippen LogP contribution in [0.2, 0.25) is 0 Å². The summed E-state index contributed by atoms with van der Waals surface area (Å²) in [5.74, 6) is -1.55. The number of halogens is 1. The standard InChI is InChI=1S/C21H21BrN2O5/c22-10-13-4-6-14(7-5-13)12-29-18-3-1-2-15-16(18)11-24(21(15)28)17(20(23)27)8-9-19(25)26/h1-7,17H,8-12H2,(H2,23,27)(H,25,26)/t17-/m0/s1. The molecule has 0 aromatic heterocycles. The number of ether oxygens (including phenoxy) is 1. The van der Waals surface area contributed by atoms with E-state index in [0.29, 0.717) is 23.5 Å². The number of amides is 2. The van der Waals surface area contributed by atoms with Crippen molar-refractivity contribution in [3.05, 3.63) is 64.7 Å². The fourth-order valence-electron chi connectivity index (χ4n) is 3.31. The summed E-state index contributed by atoms with van der Waals surface area (Å²) in [6.45, 7) is 0.492. The summed E-state index contributed by atoms with van der Waals surface area (Å²) >= 11 is 3.41. The summed E-state index contributed by atoms with van der Waals surface area (Å²) in [7, 11) is 0. The number of fused-ring (bicyclic) bond motifs is 1. The van der Waals surface area contributed by atoms with Crippen LogP contribution >= 0.6 is 15.9 Å². The Hall–Kier alpha value is -2.87. The van der Waals surface area contributed by atoms with Gasteiger partial charge in [0.15, 0.2) is 0 Å². The highest BCUT2D eigenvalue weighted by molar-refractivity contribution is 9.08. The molecule has 0 saturated carbocycles. The number of carboxylic acids is 1. The lowest BCUT2D eigenvalue weighted by Gasteiger charge is -2.24. The Balaban J connectivity index is 1.76. The molecule has 1 atom stereocenters. The maximum atomic E-state index is 12.8. The Morgan fingerprint density at radius 1 is 1.17 bits per heavy atom. The number of benzene rings is 2. The molecule has 0 bridgehead atoms. The van der Waals surface area contributed by atoms with E-state index in [9.17, 15) is 14.4 Å². The van der Waals surface area contributed by atoms with Crippen molar-refractivity contribution >= 4 is 33.7 Å². The Morgan fingerprint density at radius 2 is 1.86 bits per heavy atom. The monoisotopic (exact) mass is 460 g/mol. The predicted molar refractivity (Wildman–Crippen MR) is 110 cm³/mol. The first-order chi connectivity index (χ1) is 13.9. The highest BCUT2D eigenvalue weighted by Crippen LogP contribution is 2.33. The van der Waals surface area contributed by atoms with E-state index in [-0.39, 0.29) is 25.3 Å². The second kappa shape index (κ2) is 9.09. The lowest BCUT2D eigenvalue weighted by molar-refractivity contribution is -0.137. The number of nitrogens with zero attached hydrogens (tertiary/aromatic N) is 1. The molecule has 0 aliphatic carbocycles. The molecule has 1 aliphatic heterocycles. The first-order valence-electron chi connectivity index (χ1n) is 9.11. The molecule has 2 aromatic carbocycles. The van der Waals surface area contributed by atoms with Crippen LogP contribution in [-0.4, -0.2) is 33.8 Å². The van der Waals surface area contributed by atoms with Crippen molar-refractivity contribution in [2.24, 2.45) is 5.73 Å². The van der Waals surface area contributed by atoms with Crippen LogP contribution in [0.4, 0.5) is 0 Å². The molecule has 3 rings (SSSR count). The van der Waals surface area contributed by atoms with Crippen LogP contribution in [0.3, 0.4) is 0 Å². The summed E-state index contributed by atoms with van der Waals surface area (Å²) < 4.78 is 5.94. The van der Waals surface area contributed by atoms with Gasteiger partial charge in [0.05, 0.1) is 6.54 Å². The van der Waals surface area contributed by atoms with E-state index in [1.807, 2.05) is 24.3 Å². The molecule has 3 N–H and O–H groups in total. The van der Waals surface area contributed by atoms with Gasteiger partial charge in [0.1, 0.15) is 18.4 Å². The quantitative estimate of drug-likeness (QED) is 0.559. The van der Waals surface area contributed by atoms with Gasteiger partial charge in [0, 0.05) is 22.9 Å².